The molecule has 0 aromatic carbocycles. The third kappa shape index (κ3) is 3.87. The minimum Gasteiger partial charge on any atom is -0.303 e. The Morgan fingerprint density at radius 1 is 1.25 bits per heavy atom. The van der Waals surface area contributed by atoms with E-state index in [0.29, 0.717) is 12.8 Å². The van der Waals surface area contributed by atoms with Gasteiger partial charge in [-0.15, -0.1) is 11.6 Å². The highest BCUT2D eigenvalue weighted by molar-refractivity contribution is 7.46. The van der Waals surface area contributed by atoms with Gasteiger partial charge in [0, 0.05) is 5.38 Å². The van der Waals surface area contributed by atoms with Crippen LogP contribution in [0.5, 0.6) is 0 Å². The quantitative estimate of drug-likeness (QED) is 0.542. The second kappa shape index (κ2) is 4.07. The van der Waals surface area contributed by atoms with Crippen molar-refractivity contribution in [3.8, 4) is 0 Å². The van der Waals surface area contributed by atoms with Crippen molar-refractivity contribution in [3.05, 3.63) is 0 Å². The van der Waals surface area contributed by atoms with Crippen molar-refractivity contribution in [1.82, 2.24) is 0 Å². The Hall–Kier alpha value is 0.400. The minimum absolute atomic E-state index is 0.140. The van der Waals surface area contributed by atoms with Crippen LogP contribution in [0.1, 0.15) is 25.7 Å². The Labute approximate surface area is 76.1 Å². The van der Waals surface area contributed by atoms with E-state index < -0.39 is 7.82 Å². The van der Waals surface area contributed by atoms with Crippen molar-refractivity contribution in [2.45, 2.75) is 37.2 Å². The van der Waals surface area contributed by atoms with Crippen LogP contribution >= 0.6 is 19.4 Å². The highest BCUT2D eigenvalue weighted by Gasteiger charge is 2.26. The van der Waals surface area contributed by atoms with Crippen LogP contribution in [0.25, 0.3) is 0 Å². The van der Waals surface area contributed by atoms with E-state index in [1.807, 2.05) is 0 Å². The Kier molecular flexibility index (Phi) is 3.56. The van der Waals surface area contributed by atoms with Gasteiger partial charge in [0.05, 0.1) is 6.10 Å². The molecule has 0 unspecified atom stereocenters. The van der Waals surface area contributed by atoms with Crippen molar-refractivity contribution in [2.24, 2.45) is 0 Å². The van der Waals surface area contributed by atoms with E-state index in [4.69, 9.17) is 21.4 Å². The van der Waals surface area contributed by atoms with E-state index in [1.54, 1.807) is 0 Å². The van der Waals surface area contributed by atoms with Crippen LogP contribution in [0.4, 0.5) is 0 Å². The van der Waals surface area contributed by atoms with Gasteiger partial charge in [0.2, 0.25) is 0 Å². The summed E-state index contributed by atoms with van der Waals surface area (Å²) in [6.45, 7) is 0. The molecule has 0 amide bonds. The number of hydrogen-bond donors (Lipinski definition) is 2. The van der Waals surface area contributed by atoms with E-state index in [0.717, 1.165) is 12.8 Å². The van der Waals surface area contributed by atoms with Crippen molar-refractivity contribution in [2.75, 3.05) is 0 Å². The lowest BCUT2D eigenvalue weighted by Crippen LogP contribution is -2.20. The Morgan fingerprint density at radius 3 is 2.17 bits per heavy atom. The Morgan fingerprint density at radius 2 is 1.75 bits per heavy atom. The summed E-state index contributed by atoms with van der Waals surface area (Å²) in [6.07, 6.45) is 2.50. The first-order chi connectivity index (χ1) is 5.47. The molecule has 0 bridgehead atoms. The van der Waals surface area contributed by atoms with E-state index in [9.17, 15) is 4.57 Å². The van der Waals surface area contributed by atoms with Crippen LogP contribution in [0.2, 0.25) is 0 Å². The lowest BCUT2D eigenvalue weighted by atomic mass is 9.98. The fourth-order valence-corrected chi connectivity index (χ4v) is 2.17. The lowest BCUT2D eigenvalue weighted by molar-refractivity contribution is 0.105. The summed E-state index contributed by atoms with van der Waals surface area (Å²) in [5.74, 6) is 0. The van der Waals surface area contributed by atoms with Crippen LogP contribution in [-0.2, 0) is 9.09 Å². The van der Waals surface area contributed by atoms with Crippen molar-refractivity contribution < 1.29 is 18.9 Å². The van der Waals surface area contributed by atoms with E-state index in [-0.39, 0.29) is 11.5 Å². The van der Waals surface area contributed by atoms with Crippen molar-refractivity contribution in [3.63, 3.8) is 0 Å². The first-order valence-electron chi connectivity index (χ1n) is 3.85. The largest absolute Gasteiger partial charge is 0.469 e. The zero-order valence-electron chi connectivity index (χ0n) is 6.52. The molecular weight excluding hydrogens is 202 g/mol. The number of phosphoric ester groups is 1. The molecule has 0 aromatic heterocycles. The topological polar surface area (TPSA) is 66.8 Å². The van der Waals surface area contributed by atoms with Gasteiger partial charge in [-0.1, -0.05) is 0 Å². The SMILES string of the molecule is O=P(O)(O)OC1CCC(Cl)CC1. The molecule has 4 nitrogen and oxygen atoms in total. The summed E-state index contributed by atoms with van der Waals surface area (Å²) < 4.78 is 15.0. The van der Waals surface area contributed by atoms with Gasteiger partial charge >= 0.3 is 7.82 Å². The van der Waals surface area contributed by atoms with Crippen LogP contribution in [0.3, 0.4) is 0 Å². The maximum atomic E-state index is 10.4. The molecule has 1 rings (SSSR count). The number of halogens is 1. The third-order valence-corrected chi connectivity index (χ3v) is 2.90. The molecular formula is C6H12ClO4P. The van der Waals surface area contributed by atoms with E-state index >= 15 is 0 Å². The summed E-state index contributed by atoms with van der Waals surface area (Å²) in [5, 5.41) is 0.140. The smallest absolute Gasteiger partial charge is 0.303 e. The summed E-state index contributed by atoms with van der Waals surface area (Å²) in [5.41, 5.74) is 0. The molecule has 0 aromatic rings. The first kappa shape index (κ1) is 10.5. The fourth-order valence-electron chi connectivity index (χ4n) is 1.32. The molecule has 0 saturated heterocycles. The number of hydrogen-bond acceptors (Lipinski definition) is 2. The van der Waals surface area contributed by atoms with Crippen molar-refractivity contribution >= 4 is 19.4 Å². The van der Waals surface area contributed by atoms with Crippen molar-refractivity contribution in [1.29, 1.82) is 0 Å². The standard InChI is InChI=1S/C6H12ClO4P/c7-5-1-3-6(4-2-5)11-12(8,9)10/h5-6H,1-4H2,(H2,8,9,10). The molecule has 0 spiro atoms. The molecule has 1 aliphatic carbocycles. The second-order valence-corrected chi connectivity index (χ2v) is 4.78. The molecule has 2 N–H and O–H groups in total. The highest BCUT2D eigenvalue weighted by Crippen LogP contribution is 2.41. The van der Waals surface area contributed by atoms with Crippen LogP contribution in [0, 0.1) is 0 Å². The average molecular weight is 215 g/mol. The van der Waals surface area contributed by atoms with Crippen LogP contribution < -0.4 is 0 Å². The molecule has 1 fully saturated rings. The predicted octanol–water partition coefficient (Wildman–Crippen LogP) is 1.65. The van der Waals surface area contributed by atoms with Crippen LogP contribution in [-0.4, -0.2) is 21.3 Å². The molecule has 0 aliphatic heterocycles. The Bertz CT molecular complexity index is 184. The lowest BCUT2D eigenvalue weighted by Gasteiger charge is -2.24. The molecule has 0 heterocycles. The van der Waals surface area contributed by atoms with Gasteiger partial charge in [0.15, 0.2) is 0 Å². The highest BCUT2D eigenvalue weighted by atomic mass is 35.5. The van der Waals surface area contributed by atoms with Gasteiger partial charge in [-0.25, -0.2) is 4.57 Å². The van der Waals surface area contributed by atoms with Gasteiger partial charge < -0.3 is 9.79 Å². The zero-order valence-corrected chi connectivity index (χ0v) is 8.17. The molecule has 72 valence electrons. The molecule has 0 atom stereocenters. The molecule has 1 saturated carbocycles. The van der Waals surface area contributed by atoms with Gasteiger partial charge in [-0.3, -0.25) is 4.52 Å². The number of rotatable bonds is 2. The molecule has 6 heteroatoms. The fraction of sp³-hybridized carbons (Fsp3) is 1.00. The Balaban J connectivity index is 2.31. The average Bonchev–Trinajstić information content (AvgIpc) is 1.91. The number of alkyl halides is 1. The molecule has 0 radical (unpaired) electrons. The van der Waals surface area contributed by atoms with E-state index in [1.165, 1.54) is 0 Å². The minimum atomic E-state index is -4.30. The van der Waals surface area contributed by atoms with Gasteiger partial charge in [0.1, 0.15) is 0 Å². The predicted molar refractivity (Wildman–Crippen MR) is 45.0 cm³/mol. The molecule has 1 aliphatic rings. The number of phosphoric acid groups is 1. The normalized spacial score (nSPS) is 31.9. The van der Waals surface area contributed by atoms with Crippen LogP contribution in [0.15, 0.2) is 0 Å². The zero-order chi connectivity index (χ0) is 9.19. The van der Waals surface area contributed by atoms with Gasteiger partial charge in [0.25, 0.3) is 0 Å². The van der Waals surface area contributed by atoms with E-state index in [2.05, 4.69) is 4.52 Å². The maximum Gasteiger partial charge on any atom is 0.469 e. The molecule has 12 heavy (non-hydrogen) atoms. The second-order valence-electron chi connectivity index (χ2n) is 2.97. The summed E-state index contributed by atoms with van der Waals surface area (Å²) in [6, 6.07) is 0. The summed E-state index contributed by atoms with van der Waals surface area (Å²) in [7, 11) is -4.30. The maximum absolute atomic E-state index is 10.4. The van der Waals surface area contributed by atoms with Gasteiger partial charge in [-0.05, 0) is 25.7 Å². The summed E-state index contributed by atoms with van der Waals surface area (Å²) >= 11 is 5.80. The summed E-state index contributed by atoms with van der Waals surface area (Å²) in [4.78, 5) is 17.0. The third-order valence-electron chi connectivity index (χ3n) is 1.89. The first-order valence-corrected chi connectivity index (χ1v) is 5.82. The monoisotopic (exact) mass is 214 g/mol. The van der Waals surface area contributed by atoms with Gasteiger partial charge in [-0.2, -0.15) is 0 Å².